The van der Waals surface area contributed by atoms with Crippen LogP contribution in [0.15, 0.2) is 48.5 Å². The number of phenols is 2. The minimum absolute atomic E-state index is 0.0296. The molecule has 0 aromatic heterocycles. The predicted molar refractivity (Wildman–Crippen MR) is 292 cm³/mol. The van der Waals surface area contributed by atoms with Gasteiger partial charge >= 0.3 is 0 Å². The molecule has 396 valence electrons. The third-order valence-corrected chi connectivity index (χ3v) is 13.9. The Balaban J connectivity index is 1.71. The lowest BCUT2D eigenvalue weighted by Gasteiger charge is -2.28. The Bertz CT molecular complexity index is 2190. The number of fused-ring (bicyclic) bond motifs is 8. The summed E-state index contributed by atoms with van der Waals surface area (Å²) in [6.07, 6.45) is 7.95. The Labute approximate surface area is 432 Å². The van der Waals surface area contributed by atoms with Crippen LogP contribution in [-0.4, -0.2) is 71.8 Å². The SMILES string of the molecule is CC(C)(C)c1cc2c(O)c(c1)Cc1cc(C(C)(C)C)cc(c1OCCCC(=O)NCCCCCO)Cc1cc(C(C)(C)C)cc(c1O)Cc1cc(C(C)(C)C)cc(c1OCCCC(=O)NCCCCCO)C2. The molecular formula is C62H90N2O8. The number of benzene rings is 4. The predicted octanol–water partition coefficient (Wildman–Crippen LogP) is 11.8. The summed E-state index contributed by atoms with van der Waals surface area (Å²) in [4.78, 5) is 25.8. The van der Waals surface area contributed by atoms with Crippen molar-refractivity contribution in [2.45, 2.75) is 195 Å². The molecule has 8 bridgehead atoms. The van der Waals surface area contributed by atoms with E-state index >= 15 is 0 Å². The van der Waals surface area contributed by atoms with Gasteiger partial charge in [-0.05, 0) is 140 Å². The van der Waals surface area contributed by atoms with Crippen molar-refractivity contribution in [1.82, 2.24) is 10.6 Å². The van der Waals surface area contributed by atoms with Gasteiger partial charge in [-0.25, -0.2) is 0 Å². The summed E-state index contributed by atoms with van der Waals surface area (Å²) in [5, 5.41) is 49.6. The molecule has 1 aliphatic carbocycles. The number of unbranched alkanes of at least 4 members (excludes halogenated alkanes) is 4. The summed E-state index contributed by atoms with van der Waals surface area (Å²) in [6, 6.07) is 17.4. The molecular weight excluding hydrogens is 901 g/mol. The molecule has 0 spiro atoms. The van der Waals surface area contributed by atoms with Gasteiger partial charge in [0.1, 0.15) is 23.0 Å². The number of carbonyl (C=O) groups is 2. The quantitative estimate of drug-likeness (QED) is 0.0421. The minimum Gasteiger partial charge on any atom is -0.507 e. The molecule has 4 aromatic rings. The van der Waals surface area contributed by atoms with Gasteiger partial charge in [0.25, 0.3) is 0 Å². The molecule has 0 saturated heterocycles. The molecule has 6 N–H and O–H groups in total. The van der Waals surface area contributed by atoms with Gasteiger partial charge in [0, 0.05) is 64.8 Å². The van der Waals surface area contributed by atoms with Crippen LogP contribution >= 0.6 is 0 Å². The van der Waals surface area contributed by atoms with Crippen molar-refractivity contribution in [3.63, 3.8) is 0 Å². The fourth-order valence-electron chi connectivity index (χ4n) is 9.29. The lowest BCUT2D eigenvalue weighted by molar-refractivity contribution is -0.122. The molecule has 1 aliphatic rings. The summed E-state index contributed by atoms with van der Waals surface area (Å²) in [7, 11) is 0. The third kappa shape index (κ3) is 16.5. The van der Waals surface area contributed by atoms with Gasteiger partial charge in [0.15, 0.2) is 0 Å². The second-order valence-corrected chi connectivity index (χ2v) is 24.4. The largest absolute Gasteiger partial charge is 0.507 e. The number of carbonyl (C=O) groups excluding carboxylic acids is 2. The van der Waals surface area contributed by atoms with Gasteiger partial charge in [-0.2, -0.15) is 0 Å². The van der Waals surface area contributed by atoms with Crippen molar-refractivity contribution in [3.05, 3.63) is 115 Å². The highest BCUT2D eigenvalue weighted by molar-refractivity contribution is 5.76. The molecule has 72 heavy (non-hydrogen) atoms. The van der Waals surface area contributed by atoms with E-state index in [9.17, 15) is 19.8 Å². The Kier molecular flexibility index (Phi) is 20.3. The van der Waals surface area contributed by atoms with Gasteiger partial charge in [-0.1, -0.05) is 132 Å². The number of aliphatic hydroxyl groups is 2. The second kappa shape index (κ2) is 25.3. The topological polar surface area (TPSA) is 158 Å². The zero-order valence-electron chi connectivity index (χ0n) is 46.2. The third-order valence-electron chi connectivity index (χ3n) is 13.9. The first-order chi connectivity index (χ1) is 33.8. The van der Waals surface area contributed by atoms with Crippen molar-refractivity contribution in [1.29, 1.82) is 0 Å². The molecule has 0 atom stereocenters. The molecule has 0 saturated carbocycles. The van der Waals surface area contributed by atoms with E-state index in [0.717, 1.165) is 105 Å². The average molecular weight is 991 g/mol. The Hall–Kier alpha value is -5.06. The Morgan fingerprint density at radius 3 is 0.931 bits per heavy atom. The van der Waals surface area contributed by atoms with Crippen molar-refractivity contribution in [2.24, 2.45) is 0 Å². The number of nitrogens with one attached hydrogen (secondary N) is 2. The van der Waals surface area contributed by atoms with E-state index < -0.39 is 0 Å². The van der Waals surface area contributed by atoms with Crippen LogP contribution in [0.25, 0.3) is 0 Å². The van der Waals surface area contributed by atoms with Crippen molar-refractivity contribution >= 4 is 11.8 Å². The number of aliphatic hydroxyl groups excluding tert-OH is 2. The molecule has 0 radical (unpaired) electrons. The van der Waals surface area contributed by atoms with E-state index in [1.54, 1.807) is 0 Å². The number of aromatic hydroxyl groups is 2. The van der Waals surface area contributed by atoms with Crippen LogP contribution in [0.3, 0.4) is 0 Å². The molecule has 0 aliphatic heterocycles. The first-order valence-electron chi connectivity index (χ1n) is 26.8. The average Bonchev–Trinajstić information content (AvgIpc) is 3.28. The number of hydrogen-bond donors (Lipinski definition) is 6. The van der Waals surface area contributed by atoms with Crippen LogP contribution in [0, 0.1) is 0 Å². The van der Waals surface area contributed by atoms with Crippen molar-refractivity contribution in [3.8, 4) is 23.0 Å². The summed E-state index contributed by atoms with van der Waals surface area (Å²) in [6.45, 7) is 28.4. The number of phenolic OH excluding ortho intramolecular Hbond substituents is 2. The highest BCUT2D eigenvalue weighted by Gasteiger charge is 2.29. The fraction of sp³-hybridized carbons (Fsp3) is 0.581. The smallest absolute Gasteiger partial charge is 0.220 e. The monoisotopic (exact) mass is 991 g/mol. The van der Waals surface area contributed by atoms with E-state index in [1.165, 1.54) is 0 Å². The lowest BCUT2D eigenvalue weighted by atomic mass is 9.79. The molecule has 4 aromatic carbocycles. The van der Waals surface area contributed by atoms with E-state index in [0.29, 0.717) is 89.2 Å². The van der Waals surface area contributed by atoms with Gasteiger partial charge in [0.2, 0.25) is 11.8 Å². The van der Waals surface area contributed by atoms with E-state index in [2.05, 4.69) is 142 Å². The van der Waals surface area contributed by atoms with Gasteiger partial charge < -0.3 is 40.5 Å². The highest BCUT2D eigenvalue weighted by atomic mass is 16.5. The molecule has 5 rings (SSSR count). The van der Waals surface area contributed by atoms with Gasteiger partial charge in [-0.3, -0.25) is 9.59 Å². The summed E-state index contributed by atoms with van der Waals surface area (Å²) < 4.78 is 13.8. The van der Waals surface area contributed by atoms with Crippen LogP contribution in [0.2, 0.25) is 0 Å². The maximum Gasteiger partial charge on any atom is 0.220 e. The lowest BCUT2D eigenvalue weighted by Crippen LogP contribution is -2.24. The number of amides is 2. The number of ether oxygens (including phenoxy) is 2. The summed E-state index contributed by atoms with van der Waals surface area (Å²) >= 11 is 0. The van der Waals surface area contributed by atoms with E-state index in [1.807, 2.05) is 0 Å². The van der Waals surface area contributed by atoms with Gasteiger partial charge in [-0.15, -0.1) is 0 Å². The standard InChI is InChI=1S/C62H90N2O8/c1-59(2,3)49-33-41-29-45-37-51(61(7,8)9)39-47(57(45)71-27-19-21-53(67)63-23-15-13-17-25-65)31-43-35-50(60(4,5)6)36-44(56(43)70)32-48-40-52(62(10,11)12)38-46(30-42(34-49)55(41)69)58(48)72-28-20-22-54(68)64-24-16-14-18-26-66/h33-40,65-66,69-70H,13-32H2,1-12H3,(H,63,67)(H,64,68). The minimum atomic E-state index is -0.253. The van der Waals surface area contributed by atoms with Gasteiger partial charge in [0.05, 0.1) is 13.2 Å². The van der Waals surface area contributed by atoms with Crippen LogP contribution in [0.5, 0.6) is 23.0 Å². The van der Waals surface area contributed by atoms with Crippen LogP contribution in [-0.2, 0) is 56.9 Å². The molecule has 0 fully saturated rings. The first kappa shape index (κ1) is 57.8. The van der Waals surface area contributed by atoms with Crippen molar-refractivity contribution in [2.75, 3.05) is 39.5 Å². The molecule has 10 nitrogen and oxygen atoms in total. The Morgan fingerprint density at radius 2 is 0.681 bits per heavy atom. The zero-order chi connectivity index (χ0) is 53.0. The van der Waals surface area contributed by atoms with Crippen LogP contribution in [0.1, 0.15) is 214 Å². The number of rotatable bonds is 20. The van der Waals surface area contributed by atoms with E-state index in [4.69, 9.17) is 19.7 Å². The summed E-state index contributed by atoms with van der Waals surface area (Å²) in [5.74, 6) is 1.79. The molecule has 0 unspecified atom stereocenters. The van der Waals surface area contributed by atoms with Crippen molar-refractivity contribution < 1.29 is 39.5 Å². The maximum atomic E-state index is 12.9. The normalized spacial score (nSPS) is 13.2. The summed E-state index contributed by atoms with van der Waals surface area (Å²) in [5.41, 5.74) is 10.2. The maximum absolute atomic E-state index is 12.9. The molecule has 10 heteroatoms. The first-order valence-corrected chi connectivity index (χ1v) is 26.8. The molecule has 2 amide bonds. The van der Waals surface area contributed by atoms with Crippen LogP contribution < -0.4 is 20.1 Å². The molecule has 0 heterocycles. The van der Waals surface area contributed by atoms with Crippen LogP contribution in [0.4, 0.5) is 0 Å². The fourth-order valence-corrected chi connectivity index (χ4v) is 9.29. The zero-order valence-corrected chi connectivity index (χ0v) is 46.2. The van der Waals surface area contributed by atoms with E-state index in [-0.39, 0.29) is 58.2 Å². The second-order valence-electron chi connectivity index (χ2n) is 24.4. The number of hydrogen-bond acceptors (Lipinski definition) is 8. The Morgan fingerprint density at radius 1 is 0.417 bits per heavy atom. The highest BCUT2D eigenvalue weighted by Crippen LogP contribution is 2.44.